The molecule has 0 aromatic heterocycles. The number of aryl methyl sites for hydroxylation is 1. The average Bonchev–Trinajstić information content (AvgIpc) is 2.63. The lowest BCUT2D eigenvalue weighted by Gasteiger charge is -2.13. The van der Waals surface area contributed by atoms with Gasteiger partial charge >= 0.3 is 5.97 Å². The smallest absolute Gasteiger partial charge is 0.307 e. The number of ether oxygens (including phenoxy) is 1. The first-order valence-corrected chi connectivity index (χ1v) is 9.43. The number of esters is 1. The molecule has 0 aliphatic carbocycles. The van der Waals surface area contributed by atoms with Gasteiger partial charge in [-0.3, -0.25) is 14.4 Å². The van der Waals surface area contributed by atoms with Crippen LogP contribution in [0.25, 0.3) is 0 Å². The van der Waals surface area contributed by atoms with Gasteiger partial charge in [0.15, 0.2) is 6.10 Å². The van der Waals surface area contributed by atoms with Gasteiger partial charge in [-0.15, -0.1) is 11.8 Å². The quantitative estimate of drug-likeness (QED) is 0.536. The molecule has 0 saturated heterocycles. The molecule has 0 aliphatic heterocycles. The third-order valence-electron chi connectivity index (χ3n) is 3.71. The van der Waals surface area contributed by atoms with E-state index in [1.54, 1.807) is 23.9 Å². The highest BCUT2D eigenvalue weighted by Gasteiger charge is 2.18. The molecule has 0 aliphatic rings. The van der Waals surface area contributed by atoms with Crippen LogP contribution < -0.4 is 11.1 Å². The molecule has 2 aromatic carbocycles. The van der Waals surface area contributed by atoms with Gasteiger partial charge in [-0.2, -0.15) is 0 Å². The number of hydrogen-bond acceptors (Lipinski definition) is 5. The summed E-state index contributed by atoms with van der Waals surface area (Å²) in [4.78, 5) is 36.1. The zero-order valence-electron chi connectivity index (χ0n) is 15.2. The van der Waals surface area contributed by atoms with Gasteiger partial charge in [-0.25, -0.2) is 0 Å². The number of rotatable bonds is 8. The minimum absolute atomic E-state index is 0.212. The fraction of sp³-hybridized carbons (Fsp3) is 0.250. The maximum Gasteiger partial charge on any atom is 0.307 e. The van der Waals surface area contributed by atoms with Gasteiger partial charge in [-0.1, -0.05) is 17.7 Å². The molecule has 1 atom stereocenters. The van der Waals surface area contributed by atoms with Gasteiger partial charge in [-0.05, 0) is 50.2 Å². The number of nitrogens with one attached hydrogen (secondary N) is 1. The lowest BCUT2D eigenvalue weighted by Crippen LogP contribution is -2.30. The Labute approximate surface area is 162 Å². The number of hydrogen-bond donors (Lipinski definition) is 2. The van der Waals surface area contributed by atoms with Crippen molar-refractivity contribution in [2.75, 3.05) is 11.1 Å². The molecule has 2 rings (SSSR count). The van der Waals surface area contributed by atoms with Crippen LogP contribution in [0, 0.1) is 6.92 Å². The van der Waals surface area contributed by atoms with Crippen LogP contribution >= 0.6 is 11.8 Å². The van der Waals surface area contributed by atoms with Crippen molar-refractivity contribution >= 4 is 35.2 Å². The summed E-state index contributed by atoms with van der Waals surface area (Å²) < 4.78 is 5.16. The Morgan fingerprint density at radius 1 is 1.07 bits per heavy atom. The molecule has 142 valence electrons. The van der Waals surface area contributed by atoms with Gasteiger partial charge in [0.2, 0.25) is 5.91 Å². The fourth-order valence-corrected chi connectivity index (χ4v) is 2.99. The Hall–Kier alpha value is -2.80. The second-order valence-electron chi connectivity index (χ2n) is 5.97. The van der Waals surface area contributed by atoms with Crippen LogP contribution in [0.1, 0.15) is 29.3 Å². The number of thioether (sulfide) groups is 1. The van der Waals surface area contributed by atoms with Crippen molar-refractivity contribution in [1.82, 2.24) is 0 Å². The van der Waals surface area contributed by atoms with Crippen LogP contribution in [0.3, 0.4) is 0 Å². The molecule has 3 N–H and O–H groups in total. The minimum Gasteiger partial charge on any atom is -0.453 e. The van der Waals surface area contributed by atoms with Crippen molar-refractivity contribution < 1.29 is 19.1 Å². The third-order valence-corrected chi connectivity index (χ3v) is 4.72. The molecule has 0 bridgehead atoms. The predicted molar refractivity (Wildman–Crippen MR) is 106 cm³/mol. The molecule has 2 aromatic rings. The first-order chi connectivity index (χ1) is 12.8. The zero-order chi connectivity index (χ0) is 19.8. The molecule has 6 nitrogen and oxygen atoms in total. The Morgan fingerprint density at radius 3 is 2.30 bits per heavy atom. The lowest BCUT2D eigenvalue weighted by atomic mass is 10.2. The number of primary amides is 1. The highest BCUT2D eigenvalue weighted by molar-refractivity contribution is 7.99. The maximum absolute atomic E-state index is 12.1. The van der Waals surface area contributed by atoms with Crippen molar-refractivity contribution in [2.24, 2.45) is 5.73 Å². The summed E-state index contributed by atoms with van der Waals surface area (Å²) in [5.41, 5.74) is 7.18. The van der Waals surface area contributed by atoms with E-state index in [1.165, 1.54) is 24.6 Å². The number of benzene rings is 2. The van der Waals surface area contributed by atoms with E-state index >= 15 is 0 Å². The van der Waals surface area contributed by atoms with E-state index in [-0.39, 0.29) is 6.42 Å². The largest absolute Gasteiger partial charge is 0.453 e. The molecule has 7 heteroatoms. The van der Waals surface area contributed by atoms with Crippen LogP contribution in [0.4, 0.5) is 5.69 Å². The summed E-state index contributed by atoms with van der Waals surface area (Å²) in [7, 11) is 0. The van der Waals surface area contributed by atoms with Crippen molar-refractivity contribution in [3.8, 4) is 0 Å². The zero-order valence-corrected chi connectivity index (χ0v) is 16.0. The molecule has 0 unspecified atom stereocenters. The van der Waals surface area contributed by atoms with E-state index in [0.29, 0.717) is 17.0 Å². The van der Waals surface area contributed by atoms with Crippen LogP contribution in [0.15, 0.2) is 53.4 Å². The van der Waals surface area contributed by atoms with Crippen molar-refractivity contribution in [2.45, 2.75) is 31.3 Å². The van der Waals surface area contributed by atoms with E-state index in [2.05, 4.69) is 5.32 Å². The molecule has 0 heterocycles. The van der Waals surface area contributed by atoms with E-state index in [0.717, 1.165) is 4.90 Å². The number of anilines is 1. The Morgan fingerprint density at radius 2 is 1.70 bits per heavy atom. The van der Waals surface area contributed by atoms with E-state index in [1.807, 2.05) is 31.2 Å². The molecule has 0 fully saturated rings. The minimum atomic E-state index is -0.919. The maximum atomic E-state index is 12.1. The molecule has 27 heavy (non-hydrogen) atoms. The Balaban J connectivity index is 1.75. The first-order valence-electron chi connectivity index (χ1n) is 8.45. The highest BCUT2D eigenvalue weighted by Crippen LogP contribution is 2.19. The summed E-state index contributed by atoms with van der Waals surface area (Å²) >= 11 is 1.56. The van der Waals surface area contributed by atoms with Crippen LogP contribution in [0.2, 0.25) is 0 Å². The normalized spacial score (nSPS) is 11.5. The summed E-state index contributed by atoms with van der Waals surface area (Å²) in [6.07, 6.45) is -0.707. The Bertz CT molecular complexity index is 804. The molecule has 0 spiro atoms. The monoisotopic (exact) mass is 386 g/mol. The lowest BCUT2D eigenvalue weighted by molar-refractivity contribution is -0.152. The van der Waals surface area contributed by atoms with Gasteiger partial charge < -0.3 is 15.8 Å². The second kappa shape index (κ2) is 9.78. The number of carbonyl (C=O) groups excluding carboxylic acids is 3. The standard InChI is InChI=1S/C20H22N2O4S/c1-13-3-9-17(10-4-13)27-12-11-18(23)26-14(2)20(25)22-16-7-5-15(6-8-16)19(21)24/h3-10,14H,11-12H2,1-2H3,(H2,21,24)(H,22,25)/t14-/m1/s1. The molecule has 0 radical (unpaired) electrons. The van der Waals surface area contributed by atoms with Crippen LogP contribution in [-0.4, -0.2) is 29.6 Å². The number of carbonyl (C=O) groups is 3. The third kappa shape index (κ3) is 6.79. The average molecular weight is 386 g/mol. The second-order valence-corrected chi connectivity index (χ2v) is 7.14. The van der Waals surface area contributed by atoms with Gasteiger partial charge in [0.1, 0.15) is 0 Å². The topological polar surface area (TPSA) is 98.5 Å². The van der Waals surface area contributed by atoms with Crippen molar-refractivity contribution in [3.63, 3.8) is 0 Å². The van der Waals surface area contributed by atoms with E-state index in [4.69, 9.17) is 10.5 Å². The molecule has 2 amide bonds. The van der Waals surface area contributed by atoms with E-state index < -0.39 is 23.9 Å². The molecular weight excluding hydrogens is 364 g/mol. The van der Waals surface area contributed by atoms with Gasteiger partial charge in [0.05, 0.1) is 6.42 Å². The van der Waals surface area contributed by atoms with Gasteiger partial charge in [0, 0.05) is 21.9 Å². The van der Waals surface area contributed by atoms with Crippen molar-refractivity contribution in [3.05, 3.63) is 59.7 Å². The summed E-state index contributed by atoms with van der Waals surface area (Å²) in [6.45, 7) is 3.53. The summed E-state index contributed by atoms with van der Waals surface area (Å²) in [6, 6.07) is 14.2. The predicted octanol–water partition coefficient (Wildman–Crippen LogP) is 3.15. The summed E-state index contributed by atoms with van der Waals surface area (Å²) in [5, 5.41) is 2.63. The summed E-state index contributed by atoms with van der Waals surface area (Å²) in [5.74, 6) is -0.841. The highest BCUT2D eigenvalue weighted by atomic mass is 32.2. The van der Waals surface area contributed by atoms with Crippen LogP contribution in [-0.2, 0) is 14.3 Å². The molecule has 0 saturated carbocycles. The van der Waals surface area contributed by atoms with Crippen molar-refractivity contribution in [1.29, 1.82) is 0 Å². The van der Waals surface area contributed by atoms with Gasteiger partial charge in [0.25, 0.3) is 5.91 Å². The molecular formula is C20H22N2O4S. The fourth-order valence-electron chi connectivity index (χ4n) is 2.16. The van der Waals surface area contributed by atoms with Crippen LogP contribution in [0.5, 0.6) is 0 Å². The number of amides is 2. The Kier molecular flexibility index (Phi) is 7.43. The first kappa shape index (κ1) is 20.5. The van der Waals surface area contributed by atoms with E-state index in [9.17, 15) is 14.4 Å². The SMILES string of the molecule is Cc1ccc(SCCC(=O)O[C@H](C)C(=O)Nc2ccc(C(N)=O)cc2)cc1. The number of nitrogens with two attached hydrogens (primary N) is 1.